The Balaban J connectivity index is 1.35. The van der Waals surface area contributed by atoms with Gasteiger partial charge >= 0.3 is 5.97 Å². The number of ether oxygens (including phenoxy) is 1. The number of fused-ring (bicyclic) bond motifs is 2. The lowest BCUT2D eigenvalue weighted by Crippen LogP contribution is -2.45. The molecule has 2 N–H and O–H groups in total. The summed E-state index contributed by atoms with van der Waals surface area (Å²) in [6.07, 6.45) is 1.89. The molecule has 1 aromatic heterocycles. The average molecular weight is 585 g/mol. The van der Waals surface area contributed by atoms with E-state index in [2.05, 4.69) is 4.98 Å². The number of aromatic nitrogens is 1. The fourth-order valence-electron chi connectivity index (χ4n) is 6.02. The predicted octanol–water partition coefficient (Wildman–Crippen LogP) is 4.23. The van der Waals surface area contributed by atoms with Crippen LogP contribution in [0.1, 0.15) is 86.8 Å². The van der Waals surface area contributed by atoms with Crippen LogP contribution in [0.15, 0.2) is 24.4 Å². The van der Waals surface area contributed by atoms with Crippen LogP contribution in [-0.2, 0) is 31.1 Å². The molecule has 1 aliphatic carbocycles. The first-order valence-electron chi connectivity index (χ1n) is 13.7. The number of halogens is 2. The van der Waals surface area contributed by atoms with E-state index in [1.165, 1.54) is 17.2 Å². The van der Waals surface area contributed by atoms with Gasteiger partial charge in [0.2, 0.25) is 11.8 Å². The van der Waals surface area contributed by atoms with Gasteiger partial charge in [0.25, 0.3) is 5.91 Å². The molecular weight excluding hydrogens is 551 g/mol. The van der Waals surface area contributed by atoms with E-state index in [9.17, 15) is 23.6 Å². The van der Waals surface area contributed by atoms with Crippen molar-refractivity contribution >= 4 is 41.1 Å². The number of esters is 1. The maximum atomic E-state index is 15.0. The average Bonchev–Trinajstić information content (AvgIpc) is 3.51. The molecule has 0 saturated heterocycles. The van der Waals surface area contributed by atoms with Crippen LogP contribution >= 0.6 is 11.6 Å². The number of hydrogen-bond acceptors (Lipinski definition) is 6. The molecule has 1 fully saturated rings. The summed E-state index contributed by atoms with van der Waals surface area (Å²) in [5.41, 5.74) is 6.55. The molecule has 0 bridgehead atoms. The predicted molar refractivity (Wildman–Crippen MR) is 150 cm³/mol. The molecule has 0 unspecified atom stereocenters. The molecule has 3 atom stereocenters. The first-order chi connectivity index (χ1) is 19.1. The van der Waals surface area contributed by atoms with Gasteiger partial charge in [-0.05, 0) is 62.8 Å². The van der Waals surface area contributed by atoms with Crippen LogP contribution in [0.4, 0.5) is 10.2 Å². The van der Waals surface area contributed by atoms with Crippen LogP contribution in [-0.4, -0.2) is 51.8 Å². The Kier molecular flexibility index (Phi) is 7.12. The second-order valence-electron chi connectivity index (χ2n) is 12.7. The molecule has 0 spiro atoms. The molecule has 5 rings (SSSR count). The summed E-state index contributed by atoms with van der Waals surface area (Å²) >= 11 is 6.17. The van der Waals surface area contributed by atoms with Gasteiger partial charge in [-0.2, -0.15) is 0 Å². The number of primary amides is 1. The van der Waals surface area contributed by atoms with E-state index in [4.69, 9.17) is 22.1 Å². The first-order valence-corrected chi connectivity index (χ1v) is 14.1. The lowest BCUT2D eigenvalue weighted by molar-refractivity contribution is -0.155. The smallest absolute Gasteiger partial charge is 0.306 e. The van der Waals surface area contributed by atoms with Crippen molar-refractivity contribution in [3.63, 3.8) is 0 Å². The summed E-state index contributed by atoms with van der Waals surface area (Å²) in [5.74, 6) is -2.73. The largest absolute Gasteiger partial charge is 0.460 e. The van der Waals surface area contributed by atoms with Gasteiger partial charge in [-0.15, -0.1) is 0 Å². The number of amides is 3. The molecule has 1 saturated carbocycles. The SMILES string of the molecule is CC(C)(C)OC(=O)CC[C@@H](C(N)=O)N1Cc2c([C@@H]3C[C@H]3C(=O)N3CC(C)(C)c4cc(Cl)cnc43)ccc(F)c2C1=O. The van der Waals surface area contributed by atoms with E-state index in [0.29, 0.717) is 34.9 Å². The number of anilines is 1. The summed E-state index contributed by atoms with van der Waals surface area (Å²) in [6, 6.07) is 3.57. The molecule has 2 aromatic rings. The minimum absolute atomic E-state index is 0.0414. The zero-order valence-corrected chi connectivity index (χ0v) is 24.5. The van der Waals surface area contributed by atoms with E-state index in [-0.39, 0.29) is 48.1 Å². The van der Waals surface area contributed by atoms with Crippen molar-refractivity contribution in [2.45, 2.75) is 83.4 Å². The molecule has 9 nitrogen and oxygen atoms in total. The van der Waals surface area contributed by atoms with Gasteiger partial charge in [-0.3, -0.25) is 24.1 Å². The minimum Gasteiger partial charge on any atom is -0.460 e. The van der Waals surface area contributed by atoms with E-state index in [0.717, 1.165) is 5.56 Å². The van der Waals surface area contributed by atoms with Crippen LogP contribution in [0, 0.1) is 11.7 Å². The lowest BCUT2D eigenvalue weighted by atomic mass is 9.88. The highest BCUT2D eigenvalue weighted by molar-refractivity contribution is 6.30. The van der Waals surface area contributed by atoms with Gasteiger partial charge in [-0.1, -0.05) is 31.5 Å². The number of pyridine rings is 1. The molecule has 3 heterocycles. The molecule has 1 aromatic carbocycles. The zero-order valence-electron chi connectivity index (χ0n) is 23.8. The molecule has 218 valence electrons. The molecule has 2 aliphatic heterocycles. The van der Waals surface area contributed by atoms with Gasteiger partial charge in [-0.25, -0.2) is 9.37 Å². The van der Waals surface area contributed by atoms with Crippen molar-refractivity contribution in [1.82, 2.24) is 9.88 Å². The maximum absolute atomic E-state index is 15.0. The van der Waals surface area contributed by atoms with Crippen molar-refractivity contribution in [2.75, 3.05) is 11.4 Å². The van der Waals surface area contributed by atoms with Gasteiger partial charge in [0.05, 0.1) is 10.6 Å². The van der Waals surface area contributed by atoms with E-state index >= 15 is 0 Å². The molecule has 11 heteroatoms. The van der Waals surface area contributed by atoms with Crippen LogP contribution in [0.5, 0.6) is 0 Å². The van der Waals surface area contributed by atoms with Crippen LogP contribution in [0.3, 0.4) is 0 Å². The number of carbonyl (C=O) groups is 4. The molecule has 41 heavy (non-hydrogen) atoms. The van der Waals surface area contributed by atoms with Crippen molar-refractivity contribution in [3.8, 4) is 0 Å². The highest BCUT2D eigenvalue weighted by Gasteiger charge is 2.52. The Bertz CT molecular complexity index is 1470. The standard InChI is InChI=1S/C30H34ClFN4O5/c1-29(2,3)41-23(37)9-8-22(25(33)38)35-13-19-16(6-7-21(32)24(19)28(35)40)17-11-18(17)27(39)36-14-30(4,5)20-10-15(31)12-34-26(20)36/h6-7,10,12,17-18,22H,8-9,11,13-14H2,1-5H3,(H2,33,38)/t17-,18+,22-/m0/s1. The summed E-state index contributed by atoms with van der Waals surface area (Å²) in [6.45, 7) is 9.68. The van der Waals surface area contributed by atoms with E-state index < -0.39 is 35.2 Å². The van der Waals surface area contributed by atoms with E-state index in [1.54, 1.807) is 31.7 Å². The Morgan fingerprint density at radius 1 is 1.27 bits per heavy atom. The van der Waals surface area contributed by atoms with E-state index in [1.807, 2.05) is 19.9 Å². The minimum atomic E-state index is -1.12. The molecular formula is C30H34ClFN4O5. The Morgan fingerprint density at radius 2 is 1.98 bits per heavy atom. The molecule has 3 aliphatic rings. The van der Waals surface area contributed by atoms with Crippen molar-refractivity contribution in [3.05, 3.63) is 57.5 Å². The Hall–Kier alpha value is -3.53. The maximum Gasteiger partial charge on any atom is 0.306 e. The third-order valence-corrected chi connectivity index (χ3v) is 8.20. The summed E-state index contributed by atoms with van der Waals surface area (Å²) in [4.78, 5) is 59.0. The monoisotopic (exact) mass is 584 g/mol. The lowest BCUT2D eigenvalue weighted by Gasteiger charge is -2.26. The van der Waals surface area contributed by atoms with Crippen molar-refractivity contribution < 1.29 is 28.3 Å². The molecule has 3 amide bonds. The summed E-state index contributed by atoms with van der Waals surface area (Å²) in [5, 5.41) is 0.506. The number of carbonyl (C=O) groups excluding carboxylic acids is 4. The molecule has 0 radical (unpaired) electrons. The Morgan fingerprint density at radius 3 is 2.63 bits per heavy atom. The normalized spacial score (nSPS) is 21.4. The fourth-order valence-corrected chi connectivity index (χ4v) is 6.17. The quantitative estimate of drug-likeness (QED) is 0.486. The van der Waals surface area contributed by atoms with Crippen molar-refractivity contribution in [1.29, 1.82) is 0 Å². The second-order valence-corrected chi connectivity index (χ2v) is 13.2. The number of nitrogens with zero attached hydrogens (tertiary/aromatic N) is 3. The fraction of sp³-hybridized carbons (Fsp3) is 0.500. The van der Waals surface area contributed by atoms with Gasteiger partial charge in [0, 0.05) is 42.6 Å². The van der Waals surface area contributed by atoms with Gasteiger partial charge in [0.1, 0.15) is 23.3 Å². The van der Waals surface area contributed by atoms with Crippen LogP contribution in [0.25, 0.3) is 0 Å². The summed E-state index contributed by atoms with van der Waals surface area (Å²) < 4.78 is 20.3. The van der Waals surface area contributed by atoms with Crippen molar-refractivity contribution in [2.24, 2.45) is 11.7 Å². The highest BCUT2D eigenvalue weighted by Crippen LogP contribution is 2.53. The number of rotatable bonds is 7. The number of nitrogens with two attached hydrogens (primary N) is 1. The third kappa shape index (κ3) is 5.41. The summed E-state index contributed by atoms with van der Waals surface area (Å²) in [7, 11) is 0. The van der Waals surface area contributed by atoms with Gasteiger partial charge < -0.3 is 15.4 Å². The number of hydrogen-bond donors (Lipinski definition) is 1. The third-order valence-electron chi connectivity index (χ3n) is 7.99. The second kappa shape index (κ2) is 10.1. The Labute approximate surface area is 243 Å². The van der Waals surface area contributed by atoms with Crippen LogP contribution < -0.4 is 10.6 Å². The van der Waals surface area contributed by atoms with Gasteiger partial charge in [0.15, 0.2) is 0 Å². The van der Waals surface area contributed by atoms with Crippen LogP contribution in [0.2, 0.25) is 5.02 Å². The topological polar surface area (TPSA) is 123 Å². The highest BCUT2D eigenvalue weighted by atomic mass is 35.5. The number of benzene rings is 1. The zero-order chi connectivity index (χ0) is 30.0. The first kappa shape index (κ1) is 29.0.